The number of fused-ring (bicyclic) bond motifs is 3. The Labute approximate surface area is 195 Å². The maximum atomic E-state index is 10.1. The van der Waals surface area contributed by atoms with E-state index in [0.717, 1.165) is 44.4 Å². The molecule has 1 aliphatic rings. The predicted octanol–water partition coefficient (Wildman–Crippen LogP) is 3.80. The molecule has 0 fully saturated rings. The lowest BCUT2D eigenvalue weighted by atomic mass is 10.0. The normalized spacial score (nSPS) is 13.5. The van der Waals surface area contributed by atoms with Gasteiger partial charge in [0.25, 0.3) is 0 Å². The first-order valence-electron chi connectivity index (χ1n) is 10.9. The van der Waals surface area contributed by atoms with E-state index in [0.29, 0.717) is 19.0 Å². The minimum absolute atomic E-state index is 0.129. The zero-order chi connectivity index (χ0) is 23.3. The van der Waals surface area contributed by atoms with Gasteiger partial charge in [0.2, 0.25) is 5.95 Å². The molecule has 0 radical (unpaired) electrons. The standard InChI is InChI=1S/C23H27N7O2S/c1-13(2)30-20(27-22(24)28-30)21-26-19-16-6-5-14(9-17(16)32-8-7-18(19)33-21)15-10-25-29(11-15)12-23(3,4)31/h5-6,9-11,13,31H,7-8,12H2,1-4H3,(H2,24,28). The summed E-state index contributed by atoms with van der Waals surface area (Å²) in [4.78, 5) is 10.5. The van der Waals surface area contributed by atoms with Crippen molar-refractivity contribution < 1.29 is 9.84 Å². The number of aromatic nitrogens is 6. The third kappa shape index (κ3) is 4.23. The number of anilines is 1. The number of nitrogens with two attached hydrogens (primary N) is 1. The van der Waals surface area contributed by atoms with Crippen molar-refractivity contribution in [1.82, 2.24) is 29.5 Å². The Balaban J connectivity index is 1.51. The highest BCUT2D eigenvalue weighted by atomic mass is 32.1. The van der Waals surface area contributed by atoms with E-state index in [2.05, 4.69) is 21.2 Å². The first-order chi connectivity index (χ1) is 15.7. The van der Waals surface area contributed by atoms with Crippen molar-refractivity contribution in [2.45, 2.75) is 52.3 Å². The number of hydrogen-bond acceptors (Lipinski definition) is 8. The summed E-state index contributed by atoms with van der Waals surface area (Å²) in [5.41, 5.74) is 8.90. The fourth-order valence-electron chi connectivity index (χ4n) is 3.94. The van der Waals surface area contributed by atoms with Crippen LogP contribution in [0.5, 0.6) is 5.75 Å². The van der Waals surface area contributed by atoms with Gasteiger partial charge in [-0.05, 0) is 45.4 Å². The number of aliphatic hydroxyl groups is 1. The SMILES string of the molecule is CC(C)n1nc(N)nc1-c1nc2c(s1)CCOc1cc(-c3cnn(CC(C)(C)O)c3)ccc1-2. The number of rotatable bonds is 5. The number of benzene rings is 1. The van der Waals surface area contributed by atoms with Crippen LogP contribution in [0, 0.1) is 0 Å². The Kier molecular flexibility index (Phi) is 5.21. The summed E-state index contributed by atoms with van der Waals surface area (Å²) < 4.78 is 9.67. The van der Waals surface area contributed by atoms with Gasteiger partial charge in [0.15, 0.2) is 10.8 Å². The number of nitrogens with zero attached hydrogens (tertiary/aromatic N) is 6. The summed E-state index contributed by atoms with van der Waals surface area (Å²) in [6, 6.07) is 6.26. The average Bonchev–Trinajstić information content (AvgIpc) is 3.43. The Morgan fingerprint density at radius 1 is 1.24 bits per heavy atom. The lowest BCUT2D eigenvalue weighted by Gasteiger charge is -2.16. The van der Waals surface area contributed by atoms with Crippen molar-refractivity contribution in [2.75, 3.05) is 12.3 Å². The molecule has 3 N–H and O–H groups in total. The van der Waals surface area contributed by atoms with Crippen LogP contribution in [0.3, 0.4) is 0 Å². The van der Waals surface area contributed by atoms with Gasteiger partial charge in [-0.1, -0.05) is 6.07 Å². The molecular formula is C23H27N7O2S. The first kappa shape index (κ1) is 21.6. The van der Waals surface area contributed by atoms with Gasteiger partial charge >= 0.3 is 0 Å². The molecule has 4 aromatic rings. The zero-order valence-corrected chi connectivity index (χ0v) is 19.9. The molecule has 10 heteroatoms. The summed E-state index contributed by atoms with van der Waals surface area (Å²) in [6.07, 6.45) is 4.51. The van der Waals surface area contributed by atoms with Crippen LogP contribution in [0.15, 0.2) is 30.6 Å². The summed E-state index contributed by atoms with van der Waals surface area (Å²) in [6.45, 7) is 8.62. The Morgan fingerprint density at radius 3 is 2.82 bits per heavy atom. The maximum Gasteiger partial charge on any atom is 0.240 e. The molecule has 5 rings (SSSR count). The molecule has 0 aliphatic carbocycles. The molecule has 1 aliphatic heterocycles. The molecule has 4 heterocycles. The number of ether oxygens (including phenoxy) is 1. The molecular weight excluding hydrogens is 438 g/mol. The van der Waals surface area contributed by atoms with E-state index in [4.69, 9.17) is 15.5 Å². The van der Waals surface area contributed by atoms with E-state index < -0.39 is 5.60 Å². The lowest BCUT2D eigenvalue weighted by Crippen LogP contribution is -2.26. The second kappa shape index (κ2) is 7.96. The Hall–Kier alpha value is -3.24. The predicted molar refractivity (Wildman–Crippen MR) is 128 cm³/mol. The fraction of sp³-hybridized carbons (Fsp3) is 0.391. The van der Waals surface area contributed by atoms with Crippen molar-refractivity contribution in [3.05, 3.63) is 35.5 Å². The molecule has 0 saturated heterocycles. The van der Waals surface area contributed by atoms with E-state index in [-0.39, 0.29) is 12.0 Å². The quantitative estimate of drug-likeness (QED) is 0.460. The molecule has 0 unspecified atom stereocenters. The van der Waals surface area contributed by atoms with Gasteiger partial charge < -0.3 is 15.6 Å². The number of thiazole rings is 1. The molecule has 0 amide bonds. The second-order valence-corrected chi connectivity index (χ2v) is 10.3. The zero-order valence-electron chi connectivity index (χ0n) is 19.1. The highest BCUT2D eigenvalue weighted by Gasteiger charge is 2.24. The van der Waals surface area contributed by atoms with E-state index in [1.807, 2.05) is 36.9 Å². The van der Waals surface area contributed by atoms with Crippen LogP contribution in [0.25, 0.3) is 33.2 Å². The van der Waals surface area contributed by atoms with Crippen LogP contribution in [-0.2, 0) is 13.0 Å². The molecule has 0 saturated carbocycles. The molecule has 1 aromatic carbocycles. The summed E-state index contributed by atoms with van der Waals surface area (Å²) in [7, 11) is 0. The molecule has 0 bridgehead atoms. The highest BCUT2D eigenvalue weighted by molar-refractivity contribution is 7.15. The van der Waals surface area contributed by atoms with E-state index in [9.17, 15) is 5.11 Å². The van der Waals surface area contributed by atoms with Crippen molar-refractivity contribution >= 4 is 17.3 Å². The monoisotopic (exact) mass is 465 g/mol. The van der Waals surface area contributed by atoms with E-state index in [1.165, 1.54) is 0 Å². The molecule has 33 heavy (non-hydrogen) atoms. The minimum Gasteiger partial charge on any atom is -0.492 e. The summed E-state index contributed by atoms with van der Waals surface area (Å²) >= 11 is 1.61. The van der Waals surface area contributed by atoms with Crippen molar-refractivity contribution in [3.8, 4) is 39.0 Å². The van der Waals surface area contributed by atoms with Gasteiger partial charge in [-0.3, -0.25) is 4.68 Å². The topological polar surface area (TPSA) is 117 Å². The molecule has 172 valence electrons. The Bertz CT molecular complexity index is 1310. The van der Waals surface area contributed by atoms with Gasteiger partial charge in [-0.25, -0.2) is 9.67 Å². The highest BCUT2D eigenvalue weighted by Crippen LogP contribution is 2.41. The maximum absolute atomic E-state index is 10.1. The van der Waals surface area contributed by atoms with E-state index in [1.54, 1.807) is 36.1 Å². The van der Waals surface area contributed by atoms with Crippen molar-refractivity contribution in [2.24, 2.45) is 0 Å². The van der Waals surface area contributed by atoms with Crippen LogP contribution in [0.1, 0.15) is 38.6 Å². The third-order valence-corrected chi connectivity index (χ3v) is 6.48. The second-order valence-electron chi connectivity index (χ2n) is 9.17. The van der Waals surface area contributed by atoms with Gasteiger partial charge in [0.1, 0.15) is 5.75 Å². The van der Waals surface area contributed by atoms with Crippen LogP contribution in [0.4, 0.5) is 5.95 Å². The Morgan fingerprint density at radius 2 is 2.06 bits per heavy atom. The fourth-order valence-corrected chi connectivity index (χ4v) is 4.98. The lowest BCUT2D eigenvalue weighted by molar-refractivity contribution is 0.0577. The largest absolute Gasteiger partial charge is 0.492 e. The smallest absolute Gasteiger partial charge is 0.240 e. The van der Waals surface area contributed by atoms with E-state index >= 15 is 0 Å². The van der Waals surface area contributed by atoms with Crippen molar-refractivity contribution in [1.29, 1.82) is 0 Å². The van der Waals surface area contributed by atoms with Gasteiger partial charge in [-0.2, -0.15) is 10.1 Å². The molecule has 3 aromatic heterocycles. The molecule has 9 nitrogen and oxygen atoms in total. The van der Waals surface area contributed by atoms with Crippen LogP contribution in [-0.4, -0.2) is 46.8 Å². The van der Waals surface area contributed by atoms with Crippen LogP contribution < -0.4 is 10.5 Å². The van der Waals surface area contributed by atoms with Crippen LogP contribution >= 0.6 is 11.3 Å². The van der Waals surface area contributed by atoms with Crippen LogP contribution in [0.2, 0.25) is 0 Å². The third-order valence-electron chi connectivity index (χ3n) is 5.36. The molecule has 0 spiro atoms. The van der Waals surface area contributed by atoms with Gasteiger partial charge in [-0.15, -0.1) is 16.4 Å². The number of hydrogen-bond donors (Lipinski definition) is 2. The minimum atomic E-state index is -0.830. The molecule has 0 atom stereocenters. The summed E-state index contributed by atoms with van der Waals surface area (Å²) in [5.74, 6) is 1.74. The van der Waals surface area contributed by atoms with Gasteiger partial charge in [0, 0.05) is 34.7 Å². The first-order valence-corrected chi connectivity index (χ1v) is 11.7. The summed E-state index contributed by atoms with van der Waals surface area (Å²) in [5, 5.41) is 19.6. The van der Waals surface area contributed by atoms with Gasteiger partial charge in [0.05, 0.1) is 30.6 Å². The average molecular weight is 466 g/mol. The number of nitrogen functional groups attached to an aromatic ring is 1. The van der Waals surface area contributed by atoms with Crippen molar-refractivity contribution in [3.63, 3.8) is 0 Å².